The molecule has 0 aromatic carbocycles. The first-order valence-electron chi connectivity index (χ1n) is 6.49. The topological polar surface area (TPSA) is 38.8 Å². The third-order valence-corrected chi connectivity index (χ3v) is 5.33. The molecule has 1 saturated carbocycles. The van der Waals surface area contributed by atoms with Gasteiger partial charge in [0.15, 0.2) is 5.79 Å². The molecule has 0 aromatic heterocycles. The van der Waals surface area contributed by atoms with Gasteiger partial charge in [-0.1, -0.05) is 30.4 Å². The number of rotatable bonds is 1. The molecule has 18 heavy (non-hydrogen) atoms. The molecule has 1 aliphatic carbocycles. The normalized spacial score (nSPS) is 31.2. The summed E-state index contributed by atoms with van der Waals surface area (Å²) in [5, 5.41) is 0. The SMILES string of the molecule is O=C([C@H]1CCCCC12OCCO2)N1CCSC1=S. The minimum absolute atomic E-state index is 0.103. The van der Waals surface area contributed by atoms with E-state index in [-0.39, 0.29) is 11.8 Å². The standard InChI is InChI=1S/C12H17NO3S2/c14-10(13-5-8-18-11(13)17)9-3-1-2-4-12(9)15-6-7-16-12/h9H,1-8H2/t9-/m1/s1. The van der Waals surface area contributed by atoms with Gasteiger partial charge in [-0.25, -0.2) is 0 Å². The van der Waals surface area contributed by atoms with Crippen molar-refractivity contribution in [2.75, 3.05) is 25.5 Å². The summed E-state index contributed by atoms with van der Waals surface area (Å²) in [6.07, 6.45) is 3.82. The highest BCUT2D eigenvalue weighted by molar-refractivity contribution is 8.23. The summed E-state index contributed by atoms with van der Waals surface area (Å²) in [7, 11) is 0. The third kappa shape index (κ3) is 2.09. The number of ether oxygens (including phenoxy) is 2. The van der Waals surface area contributed by atoms with Gasteiger partial charge in [-0.2, -0.15) is 0 Å². The van der Waals surface area contributed by atoms with E-state index < -0.39 is 5.79 Å². The predicted octanol–water partition coefficient (Wildman–Crippen LogP) is 1.78. The molecule has 0 bridgehead atoms. The molecule has 0 N–H and O–H groups in total. The zero-order valence-corrected chi connectivity index (χ0v) is 11.9. The van der Waals surface area contributed by atoms with E-state index >= 15 is 0 Å². The van der Waals surface area contributed by atoms with E-state index in [1.807, 2.05) is 0 Å². The molecule has 1 atom stereocenters. The third-order valence-electron chi connectivity index (χ3n) is 3.90. The number of amides is 1. The van der Waals surface area contributed by atoms with E-state index in [9.17, 15) is 4.79 Å². The van der Waals surface area contributed by atoms with Gasteiger partial charge in [0.25, 0.3) is 0 Å². The van der Waals surface area contributed by atoms with E-state index in [1.165, 1.54) is 0 Å². The lowest BCUT2D eigenvalue weighted by Gasteiger charge is -2.39. The molecule has 3 rings (SSSR count). The second-order valence-electron chi connectivity index (χ2n) is 4.91. The maximum Gasteiger partial charge on any atom is 0.236 e. The molecule has 2 saturated heterocycles. The van der Waals surface area contributed by atoms with E-state index in [0.29, 0.717) is 17.5 Å². The molecule has 0 radical (unpaired) electrons. The molecule has 2 heterocycles. The van der Waals surface area contributed by atoms with Crippen LogP contribution in [0.5, 0.6) is 0 Å². The molecule has 3 fully saturated rings. The summed E-state index contributed by atoms with van der Waals surface area (Å²) in [4.78, 5) is 14.4. The molecule has 2 aliphatic heterocycles. The Morgan fingerprint density at radius 3 is 2.83 bits per heavy atom. The average molecular weight is 287 g/mol. The Morgan fingerprint density at radius 1 is 1.39 bits per heavy atom. The van der Waals surface area contributed by atoms with Crippen molar-refractivity contribution in [1.82, 2.24) is 4.90 Å². The van der Waals surface area contributed by atoms with Crippen molar-refractivity contribution in [2.24, 2.45) is 5.92 Å². The Hall–Kier alpha value is -0.170. The van der Waals surface area contributed by atoms with Gasteiger partial charge in [-0.15, -0.1) is 0 Å². The van der Waals surface area contributed by atoms with Crippen molar-refractivity contribution in [1.29, 1.82) is 0 Å². The quantitative estimate of drug-likeness (QED) is 0.687. The lowest BCUT2D eigenvalue weighted by atomic mass is 9.82. The monoisotopic (exact) mass is 287 g/mol. The smallest absolute Gasteiger partial charge is 0.236 e. The molecule has 3 aliphatic rings. The van der Waals surface area contributed by atoms with Crippen LogP contribution in [0.25, 0.3) is 0 Å². The summed E-state index contributed by atoms with van der Waals surface area (Å²) in [5.74, 6) is 0.182. The molecule has 6 heteroatoms. The number of nitrogens with zero attached hydrogens (tertiary/aromatic N) is 1. The summed E-state index contributed by atoms with van der Waals surface area (Å²) >= 11 is 6.82. The van der Waals surface area contributed by atoms with Gasteiger partial charge >= 0.3 is 0 Å². The maximum absolute atomic E-state index is 12.6. The van der Waals surface area contributed by atoms with Gasteiger partial charge in [-0.05, 0) is 12.8 Å². The molecule has 1 spiro atoms. The first kappa shape index (κ1) is 12.8. The first-order valence-corrected chi connectivity index (χ1v) is 7.88. The molecule has 1 amide bonds. The maximum atomic E-state index is 12.6. The van der Waals surface area contributed by atoms with Crippen molar-refractivity contribution >= 4 is 34.2 Å². The Kier molecular flexibility index (Phi) is 3.62. The number of carbonyl (C=O) groups is 1. The fourth-order valence-corrected chi connectivity index (χ4v) is 4.24. The van der Waals surface area contributed by atoms with Crippen LogP contribution in [0.2, 0.25) is 0 Å². The highest BCUT2D eigenvalue weighted by Gasteiger charge is 2.51. The summed E-state index contributed by atoms with van der Waals surface area (Å²) in [6.45, 7) is 1.93. The minimum atomic E-state index is -0.655. The highest BCUT2D eigenvalue weighted by Crippen LogP contribution is 2.42. The lowest BCUT2D eigenvalue weighted by Crippen LogP contribution is -2.51. The highest BCUT2D eigenvalue weighted by atomic mass is 32.2. The number of carbonyl (C=O) groups excluding carboxylic acids is 1. The van der Waals surface area contributed by atoms with E-state index in [4.69, 9.17) is 21.7 Å². The first-order chi connectivity index (χ1) is 8.73. The number of thioether (sulfide) groups is 1. The van der Waals surface area contributed by atoms with Crippen LogP contribution in [-0.4, -0.2) is 46.4 Å². The summed E-state index contributed by atoms with van der Waals surface area (Å²) in [6, 6.07) is 0. The minimum Gasteiger partial charge on any atom is -0.347 e. The van der Waals surface area contributed by atoms with Crippen LogP contribution in [0, 0.1) is 5.92 Å². The van der Waals surface area contributed by atoms with Gasteiger partial charge < -0.3 is 9.47 Å². The Bertz CT molecular complexity index is 368. The van der Waals surface area contributed by atoms with Crippen LogP contribution in [0.1, 0.15) is 25.7 Å². The molecule has 0 aromatic rings. The largest absolute Gasteiger partial charge is 0.347 e. The van der Waals surface area contributed by atoms with Gasteiger partial charge in [0.2, 0.25) is 5.91 Å². The molecular weight excluding hydrogens is 270 g/mol. The average Bonchev–Trinajstić information content (AvgIpc) is 2.99. The molecule has 100 valence electrons. The predicted molar refractivity (Wildman–Crippen MR) is 73.4 cm³/mol. The van der Waals surface area contributed by atoms with Crippen molar-refractivity contribution in [3.63, 3.8) is 0 Å². The van der Waals surface area contributed by atoms with E-state index in [0.717, 1.165) is 38.0 Å². The fraction of sp³-hybridized carbons (Fsp3) is 0.833. The van der Waals surface area contributed by atoms with Gasteiger partial charge in [0, 0.05) is 18.7 Å². The van der Waals surface area contributed by atoms with Crippen molar-refractivity contribution in [3.05, 3.63) is 0 Å². The van der Waals surface area contributed by atoms with Crippen LogP contribution in [0.4, 0.5) is 0 Å². The van der Waals surface area contributed by atoms with Crippen LogP contribution < -0.4 is 0 Å². The van der Waals surface area contributed by atoms with Gasteiger partial charge in [-0.3, -0.25) is 9.69 Å². The molecule has 4 nitrogen and oxygen atoms in total. The van der Waals surface area contributed by atoms with Crippen molar-refractivity contribution in [3.8, 4) is 0 Å². The van der Waals surface area contributed by atoms with Crippen LogP contribution >= 0.6 is 24.0 Å². The summed E-state index contributed by atoms with van der Waals surface area (Å²) in [5.41, 5.74) is 0. The number of hydrogen-bond acceptors (Lipinski definition) is 5. The van der Waals surface area contributed by atoms with Crippen molar-refractivity contribution in [2.45, 2.75) is 31.5 Å². The number of hydrogen-bond donors (Lipinski definition) is 0. The Labute approximate surface area is 116 Å². The van der Waals surface area contributed by atoms with Crippen LogP contribution in [-0.2, 0) is 14.3 Å². The van der Waals surface area contributed by atoms with E-state index in [1.54, 1.807) is 16.7 Å². The zero-order chi connectivity index (χ0) is 12.6. The second-order valence-corrected chi connectivity index (χ2v) is 6.64. The van der Waals surface area contributed by atoms with Crippen LogP contribution in [0.3, 0.4) is 0 Å². The lowest BCUT2D eigenvalue weighted by molar-refractivity contribution is -0.214. The second kappa shape index (κ2) is 5.07. The summed E-state index contributed by atoms with van der Waals surface area (Å²) < 4.78 is 12.3. The molecule has 0 unspecified atom stereocenters. The number of thiocarbonyl (C=S) groups is 1. The fourth-order valence-electron chi connectivity index (χ4n) is 3.02. The van der Waals surface area contributed by atoms with Gasteiger partial charge in [0.05, 0.1) is 19.1 Å². The Balaban J connectivity index is 1.80. The zero-order valence-electron chi connectivity index (χ0n) is 10.2. The molecular formula is C12H17NO3S2. The van der Waals surface area contributed by atoms with Crippen molar-refractivity contribution < 1.29 is 14.3 Å². The van der Waals surface area contributed by atoms with E-state index in [2.05, 4.69) is 0 Å². The van der Waals surface area contributed by atoms with Crippen LogP contribution in [0.15, 0.2) is 0 Å². The van der Waals surface area contributed by atoms with Gasteiger partial charge in [0.1, 0.15) is 4.32 Å². The Morgan fingerprint density at radius 2 is 2.17 bits per heavy atom.